The summed E-state index contributed by atoms with van der Waals surface area (Å²) in [7, 11) is 0. The lowest BCUT2D eigenvalue weighted by Gasteiger charge is -2.87. The van der Waals surface area contributed by atoms with Gasteiger partial charge in [0.1, 0.15) is 16.8 Å². The van der Waals surface area contributed by atoms with Crippen molar-refractivity contribution in [3.05, 3.63) is 0 Å². The van der Waals surface area contributed by atoms with Crippen molar-refractivity contribution in [3.63, 3.8) is 0 Å². The van der Waals surface area contributed by atoms with E-state index >= 15 is 0 Å². The molecule has 0 bridgehead atoms. The molecule has 3 amide bonds. The zero-order valence-electron chi connectivity index (χ0n) is 73.4. The highest BCUT2D eigenvalue weighted by molar-refractivity contribution is 5.68. The van der Waals surface area contributed by atoms with Crippen LogP contribution in [0.5, 0.6) is 0 Å². The molecule has 18 heteroatoms. The molecule has 44 unspecified atom stereocenters. The van der Waals surface area contributed by atoms with E-state index in [0.717, 1.165) is 300 Å². The first-order valence-electron chi connectivity index (χ1n) is 50.3. The zero-order chi connectivity index (χ0) is 79.1. The van der Waals surface area contributed by atoms with Crippen LogP contribution in [0.1, 0.15) is 165 Å². The fourth-order valence-electron chi connectivity index (χ4n) is 41.2. The molecule has 0 spiro atoms. The van der Waals surface area contributed by atoms with E-state index < -0.39 is 16.8 Å². The number of nitrogens with zero attached hydrogens (tertiary/aromatic N) is 3. The quantitative estimate of drug-likeness (QED) is 0.0522. The van der Waals surface area contributed by atoms with E-state index in [1.54, 1.807) is 64.2 Å². The number of amides is 3. The third kappa shape index (κ3) is 12.8. The maximum absolute atomic E-state index is 12.5. The molecule has 44 atom stereocenters. The normalized spacial score (nSPS) is 51.4. The second kappa shape index (κ2) is 30.3. The number of alkyl carbamates (subject to hydrolysis) is 3. The summed E-state index contributed by atoms with van der Waals surface area (Å²) in [5.41, 5.74) is -1.56. The largest absolute Gasteiger partial charge is 0.444 e. The molecule has 0 aromatic rings. The van der Waals surface area contributed by atoms with Gasteiger partial charge in [0.05, 0.1) is 79.3 Å². The van der Waals surface area contributed by atoms with Gasteiger partial charge in [-0.3, -0.25) is 0 Å². The molecular formula is C99H154N6O12. The predicted molar refractivity (Wildman–Crippen MR) is 444 cm³/mol. The summed E-state index contributed by atoms with van der Waals surface area (Å²) in [5.74, 6) is 41.9. The number of likely N-dealkylation sites (tertiary alicyclic amines) is 3. The second-order valence-corrected chi connectivity index (χ2v) is 48.3. The lowest BCUT2D eigenvalue weighted by Crippen LogP contribution is -2.84. The standard InChI is InChI=1S/C99H154N6O12/c1-97(2,3)115-94(106)100-21-27-109-33-36-112-30-24-103-44-52-19-20-59-56-16-11-14-51-40-60-66-47-105(26-32-114-38-35-111-29-23-102-96(108)117-99(7,8)9)49-68-62-41-53-39-50-13-10-15-55-57-17-12-18-58-64-45-104(25-31-113-37-34-110-28-22-101-95(107)116-98(4,5)6)48-67-63-43-54-42-61-65(46-103)71(52)77(59)90-79(61)85-73(54)86-81(63)92-84(72(53)82(69(50)55)87(74(57)58)88(92)75(64)67)80(62)93(86)89(76(66)68)91(85)78(60)83(90)70(51)56/h50-93H,10-49H2,1-9H3,(H,100,106)(H,101,107)(H,102,108). The van der Waals surface area contributed by atoms with Crippen LogP contribution in [-0.2, 0) is 42.6 Å². The van der Waals surface area contributed by atoms with Crippen molar-refractivity contribution in [1.29, 1.82) is 0 Å². The third-order valence-electron chi connectivity index (χ3n) is 41.4. The average Bonchev–Trinajstić information content (AvgIpc) is 0.628. The van der Waals surface area contributed by atoms with Crippen LogP contribution in [0.15, 0.2) is 0 Å². The van der Waals surface area contributed by atoms with Crippen LogP contribution in [0, 0.1) is 260 Å². The maximum atomic E-state index is 12.5. The topological polar surface area (TPSA) is 180 Å². The predicted octanol–water partition coefficient (Wildman–Crippen LogP) is 14.2. The number of carbonyl (C=O) groups is 3. The Morgan fingerprint density at radius 1 is 0.239 bits per heavy atom. The summed E-state index contributed by atoms with van der Waals surface area (Å²) in [6.45, 7) is 37.0. The van der Waals surface area contributed by atoms with Crippen molar-refractivity contribution in [1.82, 2.24) is 30.7 Å². The van der Waals surface area contributed by atoms with Gasteiger partial charge >= 0.3 is 18.3 Å². The van der Waals surface area contributed by atoms with E-state index in [1.807, 2.05) is 62.3 Å². The Bertz CT molecular complexity index is 3640. The van der Waals surface area contributed by atoms with Gasteiger partial charge in [0.15, 0.2) is 0 Å². The lowest BCUT2D eigenvalue weighted by atomic mass is 9.18. The Morgan fingerprint density at radius 2 is 0.504 bits per heavy atom. The molecule has 3 saturated heterocycles. The highest BCUT2D eigenvalue weighted by atomic mass is 16.6. The monoisotopic (exact) mass is 1620 g/mol. The Balaban J connectivity index is 0.596. The van der Waals surface area contributed by atoms with Gasteiger partial charge in [0.2, 0.25) is 0 Å². The van der Waals surface area contributed by atoms with E-state index in [4.69, 9.17) is 42.6 Å². The molecule has 3 aliphatic heterocycles. The Labute approximate surface area is 702 Å². The van der Waals surface area contributed by atoms with Crippen molar-refractivity contribution in [3.8, 4) is 0 Å². The molecule has 0 aromatic heterocycles. The van der Waals surface area contributed by atoms with Crippen LogP contribution in [0.4, 0.5) is 14.4 Å². The minimum absolute atomic E-state index is 0.377. The van der Waals surface area contributed by atoms with Crippen LogP contribution in [0.2, 0.25) is 0 Å². The molecule has 3 N–H and O–H groups in total. The van der Waals surface area contributed by atoms with Crippen LogP contribution < -0.4 is 16.0 Å². The fourth-order valence-corrected chi connectivity index (χ4v) is 41.2. The van der Waals surface area contributed by atoms with Crippen molar-refractivity contribution < 1.29 is 57.0 Å². The molecule has 117 heavy (non-hydrogen) atoms. The first-order valence-corrected chi connectivity index (χ1v) is 50.3. The van der Waals surface area contributed by atoms with Gasteiger partial charge in [0.25, 0.3) is 0 Å². The van der Waals surface area contributed by atoms with E-state index in [2.05, 4.69) is 30.7 Å². The first kappa shape index (κ1) is 79.1. The first-order chi connectivity index (χ1) is 56.7. The van der Waals surface area contributed by atoms with Crippen molar-refractivity contribution in [2.75, 3.05) is 158 Å². The van der Waals surface area contributed by atoms with Gasteiger partial charge in [0, 0.05) is 78.5 Å². The number of fused-ring (bicyclic) bond motifs is 7. The van der Waals surface area contributed by atoms with Gasteiger partial charge in [-0.05, 0) is 393 Å². The van der Waals surface area contributed by atoms with Crippen LogP contribution in [0.25, 0.3) is 0 Å². The molecule has 20 aliphatic carbocycles. The molecule has 18 nitrogen and oxygen atoms in total. The van der Waals surface area contributed by atoms with Crippen LogP contribution >= 0.6 is 0 Å². The molecule has 652 valence electrons. The second-order valence-electron chi connectivity index (χ2n) is 48.3. The molecule has 0 aromatic carbocycles. The van der Waals surface area contributed by atoms with Crippen molar-refractivity contribution in [2.24, 2.45) is 260 Å². The fraction of sp³-hybridized carbons (Fsp3) is 0.970. The summed E-state index contributed by atoms with van der Waals surface area (Å²) in [5, 5.41) is 8.67. The van der Waals surface area contributed by atoms with Gasteiger partial charge in [-0.15, -0.1) is 0 Å². The molecule has 3 heterocycles. The summed E-state index contributed by atoms with van der Waals surface area (Å²) in [6, 6.07) is 0. The van der Waals surface area contributed by atoms with E-state index in [1.165, 1.54) is 77.8 Å². The number of hydrogen-bond donors (Lipinski definition) is 3. The van der Waals surface area contributed by atoms with E-state index in [9.17, 15) is 14.4 Å². The molecule has 0 radical (unpaired) electrons. The van der Waals surface area contributed by atoms with Crippen LogP contribution in [0.3, 0.4) is 0 Å². The lowest BCUT2D eigenvalue weighted by molar-refractivity contribution is -0.400. The summed E-state index contributed by atoms with van der Waals surface area (Å²) < 4.78 is 55.0. The minimum Gasteiger partial charge on any atom is -0.444 e. The highest BCUT2D eigenvalue weighted by Gasteiger charge is 2.86. The van der Waals surface area contributed by atoms with Gasteiger partial charge in [-0.25, -0.2) is 14.4 Å². The third-order valence-corrected chi connectivity index (χ3v) is 41.4. The van der Waals surface area contributed by atoms with Crippen molar-refractivity contribution >= 4 is 18.3 Å². The highest BCUT2D eigenvalue weighted by Crippen LogP contribution is 2.90. The minimum atomic E-state index is -0.521. The molecule has 23 aliphatic rings. The smallest absolute Gasteiger partial charge is 0.407 e. The maximum Gasteiger partial charge on any atom is 0.407 e. The van der Waals surface area contributed by atoms with E-state index in [-0.39, 0.29) is 18.3 Å². The number of ether oxygens (including phenoxy) is 9. The zero-order valence-corrected chi connectivity index (χ0v) is 73.4. The Kier molecular flexibility index (Phi) is 20.5. The summed E-state index contributed by atoms with van der Waals surface area (Å²) >= 11 is 0. The number of piperidine rings is 3. The van der Waals surface area contributed by atoms with Gasteiger partial charge in [-0.2, -0.15) is 0 Å². The van der Waals surface area contributed by atoms with Gasteiger partial charge < -0.3 is 73.3 Å². The number of carbonyl (C=O) groups excluding carboxylic acids is 3. The SMILES string of the molecule is CC(C)(C)OC(=O)NCCOCCOCCN1CC2CCC3C4CCCC5CC6C7CN(CCOCCOCCNC(=O)OC(C)(C)C)CC8C9CC%10CC%11CCCC%12C%13CCCC%14C%15CN(CCOCCOCCNC(=O)OC(C)(C)C)CC%16C%17CC%18CC%19C(C1)C2C3C1C%19C2C%18C3C%17C%17C(C%10C(C%11%12)C(C%13%14)C%17C%15%16)C9C3C(C78)C2C6C1C54. The van der Waals surface area contributed by atoms with Gasteiger partial charge in [-0.1, -0.05) is 32.1 Å². The summed E-state index contributed by atoms with van der Waals surface area (Å²) in [6.07, 6.45) is 23.8. The molecule has 23 rings (SSSR count). The Hall–Kier alpha value is -2.55. The number of nitrogens with one attached hydrogen (secondary N) is 3. The average molecular weight is 1620 g/mol. The van der Waals surface area contributed by atoms with Crippen LogP contribution in [-0.4, -0.2) is 208 Å². The number of hydrogen-bond acceptors (Lipinski definition) is 15. The summed E-state index contributed by atoms with van der Waals surface area (Å²) in [4.78, 5) is 46.7. The molecule has 23 fully saturated rings. The molecular weight excluding hydrogens is 1470 g/mol. The van der Waals surface area contributed by atoms with Crippen molar-refractivity contribution in [2.45, 2.75) is 182 Å². The Morgan fingerprint density at radius 3 is 0.923 bits per heavy atom. The van der Waals surface area contributed by atoms with E-state index in [0.29, 0.717) is 79.1 Å². The molecule has 20 saturated carbocycles. The number of rotatable bonds is 27.